The number of nitrogens with zero attached hydrogens (tertiary/aromatic N) is 2. The van der Waals surface area contributed by atoms with Crippen molar-refractivity contribution in [2.45, 2.75) is 39.5 Å². The molecule has 150 valence electrons. The van der Waals surface area contributed by atoms with E-state index in [0.717, 1.165) is 6.42 Å². The van der Waals surface area contributed by atoms with E-state index in [1.54, 1.807) is 18.2 Å². The molecular formula is C20H28Cl2N2O3. The first-order valence-corrected chi connectivity index (χ1v) is 10.3. The maximum Gasteiger partial charge on any atom is 0.222 e. The summed E-state index contributed by atoms with van der Waals surface area (Å²) >= 11 is 11.9. The molecule has 0 bridgehead atoms. The lowest BCUT2D eigenvalue weighted by Crippen LogP contribution is -2.50. The lowest BCUT2D eigenvalue weighted by molar-refractivity contribution is -0.139. The van der Waals surface area contributed by atoms with Gasteiger partial charge < -0.3 is 14.5 Å². The monoisotopic (exact) mass is 414 g/mol. The second kappa shape index (κ2) is 10.8. The quantitative estimate of drug-likeness (QED) is 0.597. The predicted octanol–water partition coefficient (Wildman–Crippen LogP) is 4.26. The third-order valence-electron chi connectivity index (χ3n) is 4.61. The molecule has 7 heteroatoms. The van der Waals surface area contributed by atoms with Crippen LogP contribution in [0.25, 0.3) is 0 Å². The molecule has 0 radical (unpaired) electrons. The number of hydrogen-bond acceptors (Lipinski definition) is 3. The fraction of sp³-hybridized carbons (Fsp3) is 0.600. The highest BCUT2D eigenvalue weighted by Crippen LogP contribution is 2.27. The summed E-state index contributed by atoms with van der Waals surface area (Å²) in [5.74, 6) is 1.41. The normalized spacial score (nSPS) is 14.6. The van der Waals surface area contributed by atoms with E-state index in [2.05, 4.69) is 13.8 Å². The van der Waals surface area contributed by atoms with Gasteiger partial charge in [-0.15, -0.1) is 0 Å². The first kappa shape index (κ1) is 21.8. The molecule has 1 aromatic carbocycles. The predicted molar refractivity (Wildman–Crippen MR) is 108 cm³/mol. The van der Waals surface area contributed by atoms with Crippen LogP contribution in [0.2, 0.25) is 10.0 Å². The minimum atomic E-state index is 0.107. The topological polar surface area (TPSA) is 49.9 Å². The fourth-order valence-corrected chi connectivity index (χ4v) is 3.39. The van der Waals surface area contributed by atoms with Crippen LogP contribution in [-0.4, -0.2) is 54.4 Å². The first-order valence-electron chi connectivity index (χ1n) is 9.50. The molecule has 0 N–H and O–H groups in total. The minimum absolute atomic E-state index is 0.107. The van der Waals surface area contributed by atoms with Crippen LogP contribution in [0.5, 0.6) is 5.75 Å². The Morgan fingerprint density at radius 1 is 1.04 bits per heavy atom. The van der Waals surface area contributed by atoms with Crippen molar-refractivity contribution >= 4 is 35.0 Å². The number of piperazine rings is 1. The average molecular weight is 415 g/mol. The Morgan fingerprint density at radius 2 is 1.63 bits per heavy atom. The van der Waals surface area contributed by atoms with E-state index in [-0.39, 0.29) is 11.8 Å². The van der Waals surface area contributed by atoms with Crippen molar-refractivity contribution in [3.63, 3.8) is 0 Å². The van der Waals surface area contributed by atoms with Crippen molar-refractivity contribution in [3.8, 4) is 5.75 Å². The number of amides is 2. The summed E-state index contributed by atoms with van der Waals surface area (Å²) in [6.45, 7) is 7.12. The molecule has 1 fully saturated rings. The Morgan fingerprint density at radius 3 is 2.19 bits per heavy atom. The van der Waals surface area contributed by atoms with E-state index in [9.17, 15) is 9.59 Å². The Balaban J connectivity index is 1.65. The summed E-state index contributed by atoms with van der Waals surface area (Å²) in [6.07, 6.45) is 2.55. The zero-order valence-electron chi connectivity index (χ0n) is 16.0. The summed E-state index contributed by atoms with van der Waals surface area (Å²) < 4.78 is 5.61. The second-order valence-electron chi connectivity index (χ2n) is 7.22. The molecule has 0 aromatic heterocycles. The molecule has 5 nitrogen and oxygen atoms in total. The number of carbonyl (C=O) groups excluding carboxylic acids is 2. The van der Waals surface area contributed by atoms with E-state index < -0.39 is 0 Å². The minimum Gasteiger partial charge on any atom is -0.492 e. The van der Waals surface area contributed by atoms with Crippen LogP contribution in [0.1, 0.15) is 39.5 Å². The molecule has 2 rings (SSSR count). The summed E-state index contributed by atoms with van der Waals surface area (Å²) in [4.78, 5) is 28.2. The lowest BCUT2D eigenvalue weighted by atomic mass is 10.1. The Hall–Kier alpha value is -1.46. The van der Waals surface area contributed by atoms with Gasteiger partial charge in [0.15, 0.2) is 0 Å². The fourth-order valence-electron chi connectivity index (χ4n) is 2.93. The standard InChI is InChI=1S/C20H28Cl2N2O3/c1-15(2)5-8-20(26)24-11-9-23(10-12-24)19(25)4-3-13-27-18-7-6-16(21)14-17(18)22/h6-7,14-15H,3-5,8-13H2,1-2H3. The van der Waals surface area contributed by atoms with Crippen LogP contribution in [0.4, 0.5) is 0 Å². The number of benzene rings is 1. The number of rotatable bonds is 8. The van der Waals surface area contributed by atoms with E-state index in [0.29, 0.717) is 73.8 Å². The van der Waals surface area contributed by atoms with Crippen LogP contribution < -0.4 is 4.74 Å². The van der Waals surface area contributed by atoms with Crippen LogP contribution in [0.15, 0.2) is 18.2 Å². The molecule has 0 spiro atoms. The molecule has 1 heterocycles. The van der Waals surface area contributed by atoms with E-state index >= 15 is 0 Å². The molecular weight excluding hydrogens is 387 g/mol. The number of carbonyl (C=O) groups is 2. The zero-order chi connectivity index (χ0) is 19.8. The molecule has 27 heavy (non-hydrogen) atoms. The van der Waals surface area contributed by atoms with Gasteiger partial charge in [-0.05, 0) is 37.0 Å². The Kier molecular flexibility index (Phi) is 8.71. The third-order valence-corrected chi connectivity index (χ3v) is 5.14. The van der Waals surface area contributed by atoms with Gasteiger partial charge in [0.2, 0.25) is 11.8 Å². The van der Waals surface area contributed by atoms with Gasteiger partial charge in [-0.3, -0.25) is 9.59 Å². The highest BCUT2D eigenvalue weighted by Gasteiger charge is 2.23. The average Bonchev–Trinajstić information content (AvgIpc) is 2.64. The van der Waals surface area contributed by atoms with Crippen molar-refractivity contribution in [3.05, 3.63) is 28.2 Å². The van der Waals surface area contributed by atoms with Gasteiger partial charge in [-0.1, -0.05) is 37.0 Å². The molecule has 1 aliphatic rings. The van der Waals surface area contributed by atoms with Gasteiger partial charge in [-0.2, -0.15) is 0 Å². The molecule has 2 amide bonds. The largest absolute Gasteiger partial charge is 0.492 e. The lowest BCUT2D eigenvalue weighted by Gasteiger charge is -2.35. The molecule has 0 unspecified atom stereocenters. The van der Waals surface area contributed by atoms with Crippen LogP contribution >= 0.6 is 23.2 Å². The van der Waals surface area contributed by atoms with Gasteiger partial charge in [0, 0.05) is 44.0 Å². The summed E-state index contributed by atoms with van der Waals surface area (Å²) in [5.41, 5.74) is 0. The van der Waals surface area contributed by atoms with Gasteiger partial charge >= 0.3 is 0 Å². The maximum absolute atomic E-state index is 12.3. The smallest absolute Gasteiger partial charge is 0.222 e. The molecule has 0 atom stereocenters. The molecule has 0 saturated carbocycles. The van der Waals surface area contributed by atoms with E-state index in [4.69, 9.17) is 27.9 Å². The first-order chi connectivity index (χ1) is 12.9. The SMILES string of the molecule is CC(C)CCC(=O)N1CCN(C(=O)CCCOc2ccc(Cl)cc2Cl)CC1. The molecule has 1 aromatic rings. The Bertz CT molecular complexity index is 644. The van der Waals surface area contributed by atoms with Crippen LogP contribution in [0.3, 0.4) is 0 Å². The summed E-state index contributed by atoms with van der Waals surface area (Å²) in [6, 6.07) is 5.07. The third kappa shape index (κ3) is 7.23. The van der Waals surface area contributed by atoms with Crippen molar-refractivity contribution in [1.29, 1.82) is 0 Å². The van der Waals surface area contributed by atoms with E-state index in [1.165, 1.54) is 0 Å². The molecule has 0 aliphatic carbocycles. The zero-order valence-corrected chi connectivity index (χ0v) is 17.6. The van der Waals surface area contributed by atoms with Gasteiger partial charge in [0.25, 0.3) is 0 Å². The van der Waals surface area contributed by atoms with Crippen molar-refractivity contribution < 1.29 is 14.3 Å². The highest BCUT2D eigenvalue weighted by atomic mass is 35.5. The number of hydrogen-bond donors (Lipinski definition) is 0. The Labute approximate surface area is 171 Å². The number of halogens is 2. The van der Waals surface area contributed by atoms with Crippen molar-refractivity contribution in [2.75, 3.05) is 32.8 Å². The maximum atomic E-state index is 12.3. The van der Waals surface area contributed by atoms with Crippen LogP contribution in [0, 0.1) is 5.92 Å². The number of ether oxygens (including phenoxy) is 1. The summed E-state index contributed by atoms with van der Waals surface area (Å²) in [7, 11) is 0. The molecule has 1 saturated heterocycles. The van der Waals surface area contributed by atoms with Crippen molar-refractivity contribution in [2.24, 2.45) is 5.92 Å². The van der Waals surface area contributed by atoms with Gasteiger partial charge in [-0.25, -0.2) is 0 Å². The van der Waals surface area contributed by atoms with Gasteiger partial charge in [0.1, 0.15) is 5.75 Å². The second-order valence-corrected chi connectivity index (χ2v) is 8.06. The van der Waals surface area contributed by atoms with Crippen molar-refractivity contribution in [1.82, 2.24) is 9.80 Å². The van der Waals surface area contributed by atoms with Crippen LogP contribution in [-0.2, 0) is 9.59 Å². The summed E-state index contributed by atoms with van der Waals surface area (Å²) in [5, 5.41) is 1.02. The van der Waals surface area contributed by atoms with E-state index in [1.807, 2.05) is 9.80 Å². The highest BCUT2D eigenvalue weighted by molar-refractivity contribution is 6.35. The van der Waals surface area contributed by atoms with Gasteiger partial charge in [0.05, 0.1) is 11.6 Å². The molecule has 1 aliphatic heterocycles.